The number of amides is 1. The Kier molecular flexibility index (Phi) is 5.72. The molecule has 0 spiro atoms. The van der Waals surface area contributed by atoms with Crippen LogP contribution in [0.4, 0.5) is 5.69 Å². The molecule has 1 heterocycles. The first-order valence-electron chi connectivity index (χ1n) is 8.33. The molecule has 2 N–H and O–H groups in total. The van der Waals surface area contributed by atoms with E-state index in [9.17, 15) is 4.79 Å². The number of carbonyl (C=O) groups is 1. The molecule has 0 fully saturated rings. The Labute approximate surface area is 152 Å². The average molecular weight is 344 g/mol. The van der Waals surface area contributed by atoms with Crippen LogP contribution in [-0.4, -0.2) is 17.1 Å². The van der Waals surface area contributed by atoms with Gasteiger partial charge in [0.2, 0.25) is 0 Å². The highest BCUT2D eigenvalue weighted by Crippen LogP contribution is 2.11. The zero-order valence-corrected chi connectivity index (χ0v) is 14.5. The maximum Gasteiger partial charge on any atom is 0.271 e. The van der Waals surface area contributed by atoms with Crippen molar-refractivity contribution in [1.82, 2.24) is 10.4 Å². The largest absolute Gasteiger partial charge is 0.381 e. The highest BCUT2D eigenvalue weighted by atomic mass is 16.2. The normalized spacial score (nSPS) is 10.7. The molecule has 5 nitrogen and oxygen atoms in total. The summed E-state index contributed by atoms with van der Waals surface area (Å²) in [5.41, 5.74) is 7.37. The molecule has 0 saturated heterocycles. The monoisotopic (exact) mass is 344 g/mol. The number of anilines is 1. The lowest BCUT2D eigenvalue weighted by atomic mass is 10.1. The molecule has 130 valence electrons. The predicted octanol–water partition coefficient (Wildman–Crippen LogP) is 3.77. The molecular formula is C21H20N4O. The summed E-state index contributed by atoms with van der Waals surface area (Å²) >= 11 is 0. The van der Waals surface area contributed by atoms with Crippen LogP contribution in [0.5, 0.6) is 0 Å². The topological polar surface area (TPSA) is 66.4 Å². The van der Waals surface area contributed by atoms with E-state index in [1.54, 1.807) is 30.7 Å². The summed E-state index contributed by atoms with van der Waals surface area (Å²) < 4.78 is 0. The van der Waals surface area contributed by atoms with Crippen molar-refractivity contribution in [1.29, 1.82) is 0 Å². The van der Waals surface area contributed by atoms with Crippen LogP contribution in [0, 0.1) is 6.92 Å². The van der Waals surface area contributed by atoms with Gasteiger partial charge in [0, 0.05) is 30.2 Å². The quantitative estimate of drug-likeness (QED) is 0.528. The zero-order valence-electron chi connectivity index (χ0n) is 14.5. The smallest absolute Gasteiger partial charge is 0.271 e. The highest BCUT2D eigenvalue weighted by Gasteiger charge is 2.04. The van der Waals surface area contributed by atoms with Gasteiger partial charge in [0.25, 0.3) is 5.91 Å². The van der Waals surface area contributed by atoms with E-state index in [-0.39, 0.29) is 5.91 Å². The fourth-order valence-electron chi connectivity index (χ4n) is 2.33. The second-order valence-corrected chi connectivity index (χ2v) is 5.90. The molecule has 3 rings (SSSR count). The molecule has 0 aliphatic rings. The Morgan fingerprint density at radius 2 is 1.69 bits per heavy atom. The zero-order chi connectivity index (χ0) is 18.2. The number of aryl methyl sites for hydroxylation is 1. The van der Waals surface area contributed by atoms with Gasteiger partial charge in [0.15, 0.2) is 0 Å². The van der Waals surface area contributed by atoms with Gasteiger partial charge in [-0.2, -0.15) is 5.10 Å². The Morgan fingerprint density at radius 3 is 2.38 bits per heavy atom. The summed E-state index contributed by atoms with van der Waals surface area (Å²) in [5.74, 6) is -0.242. The number of nitrogens with zero attached hydrogens (tertiary/aromatic N) is 2. The van der Waals surface area contributed by atoms with Crippen molar-refractivity contribution in [3.63, 3.8) is 0 Å². The number of carbonyl (C=O) groups excluding carboxylic acids is 1. The number of hydrogen-bond donors (Lipinski definition) is 2. The highest BCUT2D eigenvalue weighted by molar-refractivity contribution is 5.94. The molecule has 0 radical (unpaired) electrons. The van der Waals surface area contributed by atoms with Gasteiger partial charge >= 0.3 is 0 Å². The van der Waals surface area contributed by atoms with Gasteiger partial charge in [-0.15, -0.1) is 0 Å². The van der Waals surface area contributed by atoms with E-state index in [0.29, 0.717) is 12.1 Å². The molecule has 0 bridgehead atoms. The minimum Gasteiger partial charge on any atom is -0.381 e. The van der Waals surface area contributed by atoms with Crippen molar-refractivity contribution < 1.29 is 4.79 Å². The molecule has 0 aliphatic carbocycles. The maximum absolute atomic E-state index is 12.1. The van der Waals surface area contributed by atoms with Crippen molar-refractivity contribution >= 4 is 17.8 Å². The van der Waals surface area contributed by atoms with Gasteiger partial charge in [-0.1, -0.05) is 29.8 Å². The second kappa shape index (κ2) is 8.58. The van der Waals surface area contributed by atoms with Gasteiger partial charge in [-0.05, 0) is 54.4 Å². The summed E-state index contributed by atoms with van der Waals surface area (Å²) in [5, 5.41) is 7.32. The van der Waals surface area contributed by atoms with Crippen LogP contribution in [-0.2, 0) is 6.54 Å². The Morgan fingerprint density at radius 1 is 1.00 bits per heavy atom. The number of pyridine rings is 1. The van der Waals surface area contributed by atoms with Gasteiger partial charge in [0.05, 0.1) is 6.21 Å². The van der Waals surface area contributed by atoms with Crippen LogP contribution >= 0.6 is 0 Å². The lowest BCUT2D eigenvalue weighted by Gasteiger charge is -2.07. The van der Waals surface area contributed by atoms with Gasteiger partial charge in [-0.3, -0.25) is 9.78 Å². The van der Waals surface area contributed by atoms with Crippen molar-refractivity contribution in [2.45, 2.75) is 13.5 Å². The summed E-state index contributed by atoms with van der Waals surface area (Å²) in [6.45, 7) is 2.76. The minimum absolute atomic E-state index is 0.242. The van der Waals surface area contributed by atoms with Crippen molar-refractivity contribution in [2.24, 2.45) is 5.10 Å². The number of benzene rings is 2. The summed E-state index contributed by atoms with van der Waals surface area (Å²) in [6, 6.07) is 19.3. The van der Waals surface area contributed by atoms with Crippen LogP contribution in [0.15, 0.2) is 78.2 Å². The molecule has 0 atom stereocenters. The average Bonchev–Trinajstić information content (AvgIpc) is 2.69. The summed E-state index contributed by atoms with van der Waals surface area (Å²) in [6.07, 6.45) is 4.93. The lowest BCUT2D eigenvalue weighted by Crippen LogP contribution is -2.17. The van der Waals surface area contributed by atoms with Crippen molar-refractivity contribution in [3.8, 4) is 0 Å². The molecule has 0 aliphatic heterocycles. The number of nitrogens with one attached hydrogen (secondary N) is 2. The maximum atomic E-state index is 12.1. The van der Waals surface area contributed by atoms with Gasteiger partial charge < -0.3 is 5.32 Å². The van der Waals surface area contributed by atoms with Crippen LogP contribution in [0.1, 0.15) is 27.0 Å². The van der Waals surface area contributed by atoms with Crippen LogP contribution in [0.25, 0.3) is 0 Å². The SMILES string of the molecule is Cc1ccc(NCc2ccc(C(=O)N/N=C\c3ccncc3)cc2)cc1. The molecule has 2 aromatic carbocycles. The molecule has 0 saturated carbocycles. The standard InChI is InChI=1S/C21H20N4O/c1-16-2-8-20(9-3-16)23-14-17-4-6-19(7-5-17)21(26)25-24-15-18-10-12-22-13-11-18/h2-13,15,23H,14H2,1H3,(H,25,26)/b24-15-. The van der Waals surface area contributed by atoms with Crippen molar-refractivity contribution in [2.75, 3.05) is 5.32 Å². The van der Waals surface area contributed by atoms with E-state index in [4.69, 9.17) is 0 Å². The predicted molar refractivity (Wildman–Crippen MR) is 104 cm³/mol. The molecular weight excluding hydrogens is 324 g/mol. The minimum atomic E-state index is -0.242. The van der Waals surface area contributed by atoms with Crippen LogP contribution in [0.3, 0.4) is 0 Å². The summed E-state index contributed by atoms with van der Waals surface area (Å²) in [7, 11) is 0. The third-order valence-corrected chi connectivity index (χ3v) is 3.85. The van der Waals surface area contributed by atoms with E-state index in [0.717, 1.165) is 16.8 Å². The third-order valence-electron chi connectivity index (χ3n) is 3.85. The number of hydrazone groups is 1. The number of aromatic nitrogens is 1. The van der Waals surface area contributed by atoms with E-state index in [1.165, 1.54) is 5.56 Å². The Hall–Kier alpha value is -3.47. The fourth-order valence-corrected chi connectivity index (χ4v) is 2.33. The molecule has 1 aromatic heterocycles. The van der Waals surface area contributed by atoms with Crippen LogP contribution < -0.4 is 10.7 Å². The first kappa shape index (κ1) is 17.4. The molecule has 26 heavy (non-hydrogen) atoms. The first-order valence-corrected chi connectivity index (χ1v) is 8.33. The second-order valence-electron chi connectivity index (χ2n) is 5.90. The molecule has 1 amide bonds. The molecule has 3 aromatic rings. The number of rotatable bonds is 6. The van der Waals surface area contributed by atoms with E-state index in [1.807, 2.05) is 24.3 Å². The van der Waals surface area contributed by atoms with Gasteiger partial charge in [0.1, 0.15) is 0 Å². The van der Waals surface area contributed by atoms with E-state index in [2.05, 4.69) is 52.0 Å². The number of hydrogen-bond acceptors (Lipinski definition) is 4. The molecule has 0 unspecified atom stereocenters. The van der Waals surface area contributed by atoms with Gasteiger partial charge in [-0.25, -0.2) is 5.43 Å². The first-order chi connectivity index (χ1) is 12.7. The lowest BCUT2D eigenvalue weighted by molar-refractivity contribution is 0.0955. The van der Waals surface area contributed by atoms with E-state index >= 15 is 0 Å². The Bertz CT molecular complexity index is 872. The molecule has 5 heteroatoms. The van der Waals surface area contributed by atoms with Crippen molar-refractivity contribution in [3.05, 3.63) is 95.3 Å². The summed E-state index contributed by atoms with van der Waals surface area (Å²) in [4.78, 5) is 16.0. The third kappa shape index (κ3) is 5.01. The van der Waals surface area contributed by atoms with E-state index < -0.39 is 0 Å². The van der Waals surface area contributed by atoms with Crippen LogP contribution in [0.2, 0.25) is 0 Å². The Balaban J connectivity index is 1.52. The fraction of sp³-hybridized carbons (Fsp3) is 0.0952.